The number of benzene rings is 2. The Labute approximate surface area is 273 Å². The number of hydrogen-bond donors (Lipinski definition) is 1. The molecule has 0 fully saturated rings. The van der Waals surface area contributed by atoms with Crippen LogP contribution in [0.15, 0.2) is 64.8 Å². The van der Waals surface area contributed by atoms with E-state index in [2.05, 4.69) is 19.9 Å². The number of carbonyl (C=O) groups is 1. The van der Waals surface area contributed by atoms with Gasteiger partial charge in [-0.05, 0) is 49.9 Å². The zero-order valence-electron chi connectivity index (χ0n) is 21.9. The SMILES string of the molecule is CCOP(=S)(OCC)Oc1cnc2ccccc2n1.COc1cc(OC)nc(Sc2cccc(Cl)c2C(=O)O)n1.[NaH]. The summed E-state index contributed by atoms with van der Waals surface area (Å²) in [5.41, 5.74) is 1.56. The van der Waals surface area contributed by atoms with E-state index >= 15 is 0 Å². The maximum absolute atomic E-state index is 11.3. The van der Waals surface area contributed by atoms with Crippen molar-refractivity contribution in [1.82, 2.24) is 19.9 Å². The number of ether oxygens (including phenoxy) is 2. The number of rotatable bonds is 11. The molecule has 0 unspecified atom stereocenters. The number of aromatic nitrogens is 4. The fourth-order valence-corrected chi connectivity index (χ4v) is 6.26. The van der Waals surface area contributed by atoms with Crippen molar-refractivity contribution in [3.63, 3.8) is 0 Å². The third-order valence-corrected chi connectivity index (χ3v) is 8.33. The molecule has 16 heteroatoms. The van der Waals surface area contributed by atoms with Crippen molar-refractivity contribution >= 4 is 88.4 Å². The number of carboxylic acid groups (broad SMARTS) is 1. The van der Waals surface area contributed by atoms with Crippen LogP contribution < -0.4 is 14.0 Å². The quantitative estimate of drug-likeness (QED) is 0.122. The Morgan fingerprint density at radius 1 is 0.951 bits per heavy atom. The third kappa shape index (κ3) is 10.3. The molecule has 0 amide bonds. The van der Waals surface area contributed by atoms with Gasteiger partial charge in [0, 0.05) is 16.7 Å². The molecule has 0 aliphatic carbocycles. The van der Waals surface area contributed by atoms with E-state index in [9.17, 15) is 9.90 Å². The van der Waals surface area contributed by atoms with Crippen LogP contribution in [0.3, 0.4) is 0 Å². The molecular formula is C25H27ClN4NaO7PS2. The van der Waals surface area contributed by atoms with Crippen molar-refractivity contribution in [2.75, 3.05) is 27.4 Å². The van der Waals surface area contributed by atoms with Crippen LogP contribution in [-0.2, 0) is 20.9 Å². The van der Waals surface area contributed by atoms with Crippen molar-refractivity contribution in [2.24, 2.45) is 0 Å². The predicted molar refractivity (Wildman–Crippen MR) is 163 cm³/mol. The second-order valence-corrected chi connectivity index (χ2v) is 11.7. The van der Waals surface area contributed by atoms with Crippen LogP contribution in [0, 0.1) is 0 Å². The molecule has 0 atom stereocenters. The molecule has 214 valence electrons. The molecule has 2 aromatic carbocycles. The minimum atomic E-state index is -2.79. The Kier molecular flexibility index (Phi) is 14.7. The van der Waals surface area contributed by atoms with Crippen LogP contribution in [0.2, 0.25) is 5.02 Å². The zero-order chi connectivity index (χ0) is 29.1. The van der Waals surface area contributed by atoms with Crippen LogP contribution in [0.1, 0.15) is 24.2 Å². The summed E-state index contributed by atoms with van der Waals surface area (Å²) in [6, 6.07) is 13.9. The van der Waals surface area contributed by atoms with Gasteiger partial charge in [0.05, 0.1) is 61.3 Å². The zero-order valence-corrected chi connectivity index (χ0v) is 25.2. The van der Waals surface area contributed by atoms with Crippen LogP contribution in [0.4, 0.5) is 0 Å². The van der Waals surface area contributed by atoms with Crippen molar-refractivity contribution in [2.45, 2.75) is 23.9 Å². The fraction of sp³-hybridized carbons (Fsp3) is 0.240. The topological polar surface area (TPSA) is 135 Å². The van der Waals surface area contributed by atoms with Gasteiger partial charge in [-0.3, -0.25) is 9.05 Å². The van der Waals surface area contributed by atoms with Gasteiger partial charge in [0.1, 0.15) is 0 Å². The number of aromatic carboxylic acids is 1. The summed E-state index contributed by atoms with van der Waals surface area (Å²) in [6.07, 6.45) is 1.53. The molecule has 11 nitrogen and oxygen atoms in total. The molecule has 2 aromatic heterocycles. The Balaban J connectivity index is 0.000000281. The van der Waals surface area contributed by atoms with Gasteiger partial charge in [-0.15, -0.1) is 0 Å². The van der Waals surface area contributed by atoms with E-state index in [-0.39, 0.29) is 40.1 Å². The first-order chi connectivity index (χ1) is 19.2. The summed E-state index contributed by atoms with van der Waals surface area (Å²) in [5.74, 6) is -0.145. The predicted octanol–water partition coefficient (Wildman–Crippen LogP) is 5.65. The van der Waals surface area contributed by atoms with Crippen molar-refractivity contribution in [3.05, 3.63) is 65.3 Å². The van der Waals surface area contributed by atoms with E-state index in [0.29, 0.717) is 40.9 Å². The van der Waals surface area contributed by atoms with E-state index in [4.69, 9.17) is 46.5 Å². The molecule has 0 bridgehead atoms. The van der Waals surface area contributed by atoms with Gasteiger partial charge in [-0.1, -0.05) is 29.8 Å². The van der Waals surface area contributed by atoms with E-state index in [1.807, 2.05) is 38.1 Å². The molecule has 41 heavy (non-hydrogen) atoms. The molecule has 0 saturated carbocycles. The molecule has 0 aliphatic heterocycles. The number of halogens is 1. The van der Waals surface area contributed by atoms with E-state index < -0.39 is 12.7 Å². The van der Waals surface area contributed by atoms with Gasteiger partial charge in [-0.2, -0.15) is 9.97 Å². The van der Waals surface area contributed by atoms with Crippen LogP contribution in [0.5, 0.6) is 17.6 Å². The molecule has 0 saturated heterocycles. The van der Waals surface area contributed by atoms with E-state index in [0.717, 1.165) is 22.8 Å². The summed E-state index contributed by atoms with van der Waals surface area (Å²) < 4.78 is 26.5. The van der Waals surface area contributed by atoms with Crippen molar-refractivity contribution in [1.29, 1.82) is 0 Å². The Hall–Kier alpha value is -2.06. The average Bonchev–Trinajstić information content (AvgIpc) is 2.93. The van der Waals surface area contributed by atoms with Crippen molar-refractivity contribution in [3.8, 4) is 17.6 Å². The summed E-state index contributed by atoms with van der Waals surface area (Å²) in [7, 11) is 2.94. The van der Waals surface area contributed by atoms with Crippen LogP contribution in [0.25, 0.3) is 11.0 Å². The Morgan fingerprint density at radius 2 is 1.56 bits per heavy atom. The number of fused-ring (bicyclic) bond motifs is 1. The van der Waals surface area contributed by atoms with Gasteiger partial charge in [0.2, 0.25) is 17.6 Å². The Morgan fingerprint density at radius 3 is 2.12 bits per heavy atom. The van der Waals surface area contributed by atoms with E-state index in [1.165, 1.54) is 32.5 Å². The number of methoxy groups -OCH3 is 2. The molecule has 4 aromatic rings. The molecule has 1 N–H and O–H groups in total. The van der Waals surface area contributed by atoms with Gasteiger partial charge < -0.3 is 19.1 Å². The molecule has 0 aliphatic rings. The number of para-hydroxylation sites is 2. The van der Waals surface area contributed by atoms with Crippen LogP contribution >= 0.6 is 30.1 Å². The first kappa shape index (κ1) is 35.1. The molecule has 2 heterocycles. The minimum absolute atomic E-state index is 0. The summed E-state index contributed by atoms with van der Waals surface area (Å²) in [4.78, 5) is 28.6. The number of carboxylic acids is 1. The molecular weight excluding hydrogens is 622 g/mol. The average molecular weight is 649 g/mol. The van der Waals surface area contributed by atoms with Gasteiger partial charge in [0.15, 0.2) is 5.16 Å². The van der Waals surface area contributed by atoms with Crippen LogP contribution in [-0.4, -0.2) is 88.0 Å². The summed E-state index contributed by atoms with van der Waals surface area (Å²) in [5, 5.41) is 9.69. The van der Waals surface area contributed by atoms with Gasteiger partial charge in [-0.25, -0.2) is 14.8 Å². The van der Waals surface area contributed by atoms with E-state index in [1.54, 1.807) is 12.1 Å². The number of hydrogen-bond acceptors (Lipinski definition) is 12. The number of nitrogens with zero attached hydrogens (tertiary/aromatic N) is 4. The monoisotopic (exact) mass is 648 g/mol. The second-order valence-electron chi connectivity index (χ2n) is 7.33. The van der Waals surface area contributed by atoms with Gasteiger partial charge >= 0.3 is 42.2 Å². The maximum atomic E-state index is 11.3. The third-order valence-electron chi connectivity index (χ3n) is 4.67. The summed E-state index contributed by atoms with van der Waals surface area (Å²) >= 11 is 12.3. The Bertz CT molecular complexity index is 1490. The summed E-state index contributed by atoms with van der Waals surface area (Å²) in [6.45, 7) is 1.75. The second kappa shape index (κ2) is 17.2. The first-order valence-corrected chi connectivity index (χ1v) is 15.4. The fourth-order valence-electron chi connectivity index (χ4n) is 3.04. The molecule has 0 spiro atoms. The standard InChI is InChI=1S/C13H11ClN2O4S.C12H15N2O3PS.Na.H/c1-19-9-6-10(20-2)16-13(15-9)21-8-5-3-4-7(14)11(8)12(17)18;1-3-15-18(19,16-4-2)17-12-9-13-10-7-5-6-8-11(10)14-12;;/h3-6H,1-2H3,(H,17,18);5-9H,3-4H2,1-2H3;;. The molecule has 4 rings (SSSR count). The first-order valence-electron chi connectivity index (χ1n) is 11.7. The normalized spacial score (nSPS) is 10.7. The molecule has 0 radical (unpaired) electrons. The van der Waals surface area contributed by atoms with Gasteiger partial charge in [0.25, 0.3) is 0 Å². The van der Waals surface area contributed by atoms with Crippen molar-refractivity contribution < 1.29 is 32.9 Å².